The van der Waals surface area contributed by atoms with Crippen LogP contribution in [0.4, 0.5) is 4.79 Å². The van der Waals surface area contributed by atoms with E-state index in [-0.39, 0.29) is 0 Å². The molecule has 1 aromatic carbocycles. The Morgan fingerprint density at radius 1 is 1.47 bits per heavy atom. The largest absolute Gasteiger partial charge is 0.447 e. The van der Waals surface area contributed by atoms with E-state index >= 15 is 0 Å². The van der Waals surface area contributed by atoms with Crippen molar-refractivity contribution in [3.05, 3.63) is 42.5 Å². The molecule has 0 spiro atoms. The first kappa shape index (κ1) is 11.6. The molecule has 1 unspecified atom stereocenters. The minimum atomic E-state index is -0.910. The number of hydrogen-bond acceptors (Lipinski definition) is 4. The maximum Gasteiger partial charge on any atom is 0.412 e. The minimum absolute atomic E-state index is 0.292. The third-order valence-electron chi connectivity index (χ3n) is 2.62. The molecule has 0 bridgehead atoms. The normalized spacial score (nSPS) is 16.8. The van der Waals surface area contributed by atoms with Crippen LogP contribution in [0.3, 0.4) is 0 Å². The van der Waals surface area contributed by atoms with Gasteiger partial charge < -0.3 is 4.74 Å². The first-order valence-electron chi connectivity index (χ1n) is 5.22. The molecule has 17 heavy (non-hydrogen) atoms. The highest BCUT2D eigenvalue weighted by Crippen LogP contribution is 2.23. The summed E-state index contributed by atoms with van der Waals surface area (Å²) in [6.45, 7) is 4.50. The van der Waals surface area contributed by atoms with Crippen molar-refractivity contribution in [2.45, 2.75) is 6.23 Å². The molecule has 0 saturated carbocycles. The van der Waals surface area contributed by atoms with Gasteiger partial charge in [-0.15, -0.1) is 0 Å². The molecule has 0 aromatic heterocycles. The van der Waals surface area contributed by atoms with Crippen LogP contribution in [0.15, 0.2) is 36.9 Å². The molecular formula is C12H13NO4. The lowest BCUT2D eigenvalue weighted by Crippen LogP contribution is -2.38. The summed E-state index contributed by atoms with van der Waals surface area (Å²) in [5.41, 5.74) is 1.30. The Hall–Kier alpha value is -1.85. The van der Waals surface area contributed by atoms with Crippen LogP contribution in [-0.4, -0.2) is 35.6 Å². The summed E-state index contributed by atoms with van der Waals surface area (Å²) in [4.78, 5) is 17.0. The van der Waals surface area contributed by atoms with E-state index in [0.717, 1.165) is 5.56 Å². The molecule has 90 valence electrons. The first-order chi connectivity index (χ1) is 8.24. The summed E-state index contributed by atoms with van der Waals surface area (Å²) in [6.07, 6.45) is -1.42. The number of cyclic esters (lactones) is 1. The number of ether oxygens (including phenoxy) is 1. The maximum absolute atomic E-state index is 11.4. The highest BCUT2D eigenvalue weighted by molar-refractivity contribution is 5.75. The summed E-state index contributed by atoms with van der Waals surface area (Å²) in [6, 6.07) is 9.22. The van der Waals surface area contributed by atoms with Gasteiger partial charge in [0.1, 0.15) is 6.61 Å². The number of nitrogens with zero attached hydrogens (tertiary/aromatic N) is 1. The molecule has 0 radical (unpaired) electrons. The summed E-state index contributed by atoms with van der Waals surface area (Å²) in [5, 5.41) is 8.93. The predicted octanol–water partition coefficient (Wildman–Crippen LogP) is 1.97. The Labute approximate surface area is 98.8 Å². The van der Waals surface area contributed by atoms with Gasteiger partial charge in [0, 0.05) is 5.57 Å². The van der Waals surface area contributed by atoms with Gasteiger partial charge in [-0.2, -0.15) is 0 Å². The number of hydrogen-bond donors (Lipinski definition) is 1. The Balaban J connectivity index is 2.19. The zero-order chi connectivity index (χ0) is 12.3. The van der Waals surface area contributed by atoms with Crippen molar-refractivity contribution in [2.75, 3.05) is 13.2 Å². The second-order valence-corrected chi connectivity index (χ2v) is 3.66. The molecule has 1 heterocycles. The summed E-state index contributed by atoms with van der Waals surface area (Å²) in [5.74, 6) is 0. The molecule has 1 aromatic rings. The van der Waals surface area contributed by atoms with Crippen LogP contribution < -0.4 is 0 Å². The molecule has 5 nitrogen and oxygen atoms in total. The first-order valence-corrected chi connectivity index (χ1v) is 5.22. The van der Waals surface area contributed by atoms with Crippen LogP contribution in [0.1, 0.15) is 5.56 Å². The van der Waals surface area contributed by atoms with Crippen molar-refractivity contribution in [1.82, 2.24) is 4.90 Å². The SMILES string of the molecule is C=C(c1ccccc1)C(OO)N1CCOC1=O. The number of carbonyl (C=O) groups excluding carboxylic acids is 1. The number of amides is 1. The minimum Gasteiger partial charge on any atom is -0.447 e. The van der Waals surface area contributed by atoms with Crippen molar-refractivity contribution in [1.29, 1.82) is 0 Å². The van der Waals surface area contributed by atoms with Crippen LogP contribution >= 0.6 is 0 Å². The molecule has 2 rings (SSSR count). The van der Waals surface area contributed by atoms with Gasteiger partial charge in [-0.25, -0.2) is 14.9 Å². The van der Waals surface area contributed by atoms with Crippen LogP contribution in [0.2, 0.25) is 0 Å². The number of carbonyl (C=O) groups is 1. The van der Waals surface area contributed by atoms with E-state index in [9.17, 15) is 4.79 Å². The van der Waals surface area contributed by atoms with E-state index in [1.165, 1.54) is 4.90 Å². The third-order valence-corrected chi connectivity index (χ3v) is 2.62. The monoisotopic (exact) mass is 235 g/mol. The fourth-order valence-corrected chi connectivity index (χ4v) is 1.72. The Morgan fingerprint density at radius 3 is 2.71 bits per heavy atom. The predicted molar refractivity (Wildman–Crippen MR) is 61.0 cm³/mol. The van der Waals surface area contributed by atoms with E-state index in [0.29, 0.717) is 18.7 Å². The van der Waals surface area contributed by atoms with Crippen LogP contribution in [0.25, 0.3) is 5.57 Å². The van der Waals surface area contributed by atoms with E-state index in [1.807, 2.05) is 30.3 Å². The highest BCUT2D eigenvalue weighted by Gasteiger charge is 2.32. The third kappa shape index (κ3) is 2.30. The molecule has 1 N–H and O–H groups in total. The Bertz CT molecular complexity index is 418. The van der Waals surface area contributed by atoms with Crippen LogP contribution in [0, 0.1) is 0 Å². The molecule has 1 amide bonds. The van der Waals surface area contributed by atoms with Crippen LogP contribution in [0.5, 0.6) is 0 Å². The van der Waals surface area contributed by atoms with Gasteiger partial charge in [0.2, 0.25) is 0 Å². The molecule has 1 saturated heterocycles. The molecule has 1 aliphatic heterocycles. The lowest BCUT2D eigenvalue weighted by Gasteiger charge is -2.24. The zero-order valence-corrected chi connectivity index (χ0v) is 9.20. The summed E-state index contributed by atoms with van der Waals surface area (Å²) in [7, 11) is 0. The molecule has 0 aliphatic carbocycles. The van der Waals surface area contributed by atoms with Crippen molar-refractivity contribution in [3.8, 4) is 0 Å². The lowest BCUT2D eigenvalue weighted by atomic mass is 10.1. The molecule has 1 aliphatic rings. The number of rotatable bonds is 4. The smallest absolute Gasteiger partial charge is 0.412 e. The number of benzene rings is 1. The average Bonchev–Trinajstić information content (AvgIpc) is 2.78. The van der Waals surface area contributed by atoms with Gasteiger partial charge in [-0.1, -0.05) is 36.9 Å². The van der Waals surface area contributed by atoms with Crippen molar-refractivity contribution < 1.29 is 19.7 Å². The van der Waals surface area contributed by atoms with Crippen molar-refractivity contribution in [2.24, 2.45) is 0 Å². The second kappa shape index (κ2) is 4.99. The molecule has 1 fully saturated rings. The maximum atomic E-state index is 11.4. The van der Waals surface area contributed by atoms with Gasteiger partial charge in [-0.3, -0.25) is 4.90 Å². The van der Waals surface area contributed by atoms with E-state index in [4.69, 9.17) is 9.99 Å². The standard InChI is InChI=1S/C12H13NO4/c1-9(10-5-3-2-4-6-10)11(17-15)13-7-8-16-12(13)14/h2-6,11,15H,1,7-8H2. The summed E-state index contributed by atoms with van der Waals surface area (Å²) >= 11 is 0. The van der Waals surface area contributed by atoms with E-state index in [2.05, 4.69) is 11.5 Å². The topological polar surface area (TPSA) is 59.0 Å². The van der Waals surface area contributed by atoms with Gasteiger partial charge in [-0.05, 0) is 5.56 Å². The van der Waals surface area contributed by atoms with Crippen molar-refractivity contribution >= 4 is 11.7 Å². The fourth-order valence-electron chi connectivity index (χ4n) is 1.72. The Morgan fingerprint density at radius 2 is 2.18 bits per heavy atom. The lowest BCUT2D eigenvalue weighted by molar-refractivity contribution is -0.286. The quantitative estimate of drug-likeness (QED) is 0.640. The van der Waals surface area contributed by atoms with Crippen molar-refractivity contribution in [3.63, 3.8) is 0 Å². The van der Waals surface area contributed by atoms with E-state index in [1.54, 1.807) is 0 Å². The molecular weight excluding hydrogens is 222 g/mol. The van der Waals surface area contributed by atoms with Gasteiger partial charge in [0.05, 0.1) is 6.54 Å². The fraction of sp³-hybridized carbons (Fsp3) is 0.250. The molecule has 1 atom stereocenters. The van der Waals surface area contributed by atoms with E-state index < -0.39 is 12.3 Å². The summed E-state index contributed by atoms with van der Waals surface area (Å²) < 4.78 is 4.79. The zero-order valence-electron chi connectivity index (χ0n) is 9.20. The van der Waals surface area contributed by atoms with Gasteiger partial charge in [0.25, 0.3) is 0 Å². The Kier molecular flexibility index (Phi) is 3.41. The van der Waals surface area contributed by atoms with Crippen LogP contribution in [-0.2, 0) is 9.62 Å². The van der Waals surface area contributed by atoms with Gasteiger partial charge in [0.15, 0.2) is 6.23 Å². The highest BCUT2D eigenvalue weighted by atomic mass is 17.1. The average molecular weight is 235 g/mol. The van der Waals surface area contributed by atoms with Gasteiger partial charge >= 0.3 is 6.09 Å². The molecule has 5 heteroatoms. The second-order valence-electron chi connectivity index (χ2n) is 3.66.